The Labute approximate surface area is 502 Å². The molecule has 83 heavy (non-hydrogen) atoms. The maximum Gasteiger partial charge on any atom is 0.116 e. The molecule has 6 heterocycles. The summed E-state index contributed by atoms with van der Waals surface area (Å²) in [6.45, 7) is 0. The number of benzene rings is 10. The summed E-state index contributed by atoms with van der Waals surface area (Å²) in [5.41, 5.74) is 17.5. The molecule has 16 rings (SSSR count). The molecular formula is C75H48IrN5S2-. The van der Waals surface area contributed by atoms with Gasteiger partial charge in [-0.15, -0.1) is 58.6 Å². The van der Waals surface area contributed by atoms with Crippen molar-refractivity contribution in [3.63, 3.8) is 0 Å². The van der Waals surface area contributed by atoms with Crippen LogP contribution in [0, 0.1) is 6.07 Å². The number of nitrogens with zero attached hydrogens (tertiary/aromatic N) is 5. The fourth-order valence-corrected chi connectivity index (χ4v) is 13.4. The van der Waals surface area contributed by atoms with Crippen LogP contribution in [0.15, 0.2) is 292 Å². The second-order valence-electron chi connectivity index (χ2n) is 19.8. The minimum absolute atomic E-state index is 0. The molecule has 0 unspecified atom stereocenters. The Hall–Kier alpha value is -9.66. The SMILES string of the molecule is [Ir].[c-]1ccccc1-c1ccccn1.c1cc(-c2cc(-c3cccc(-c4cccc5c4sc4ccccc45)c3)ncn2)cc(-c2cccc3c2sc2ccccc23)c1.c1ccc(-c2ccnc3c2ccc2c(-c4ccccc4)ccnc23)cc1. The van der Waals surface area contributed by atoms with E-state index in [1.54, 1.807) is 12.5 Å². The maximum atomic E-state index is 4.71. The monoisotopic (exact) mass is 1280 g/mol. The van der Waals surface area contributed by atoms with E-state index in [4.69, 9.17) is 9.97 Å². The van der Waals surface area contributed by atoms with E-state index in [0.29, 0.717) is 0 Å². The van der Waals surface area contributed by atoms with Gasteiger partial charge >= 0.3 is 0 Å². The average Bonchev–Trinajstić information content (AvgIpc) is 4.37. The standard InChI is InChI=1S/C40H24N2S2.C24H16N2.C11H8N.Ir/c1-3-19-37-31(13-1)33-17-7-15-29(39(33)43-37)25-9-5-11-27(21-25)35-23-36(42-24-41-35)28-12-6-10-26(22-28)30-16-8-18-34-32-14-2-4-20-38(32)44-40(30)34;1-3-7-17(8-4-1)19-13-15-25-23-21(19)11-12-22-20(14-16-26-24(22)23)18-9-5-2-6-10-18;1-2-6-10(7-3-1)11-8-4-5-9-12-11;/h1-24H;1-16H;1-6,8-9H;/q;;-1;. The van der Waals surface area contributed by atoms with Crippen LogP contribution in [0.3, 0.4) is 0 Å². The van der Waals surface area contributed by atoms with Crippen molar-refractivity contribution in [3.8, 4) is 78.3 Å². The molecule has 8 heteroatoms. The quantitative estimate of drug-likeness (QED) is 0.118. The van der Waals surface area contributed by atoms with E-state index in [1.165, 1.54) is 84.9 Å². The van der Waals surface area contributed by atoms with Gasteiger partial charge in [-0.1, -0.05) is 194 Å². The van der Waals surface area contributed by atoms with E-state index in [2.05, 4.69) is 233 Å². The van der Waals surface area contributed by atoms with Crippen LogP contribution < -0.4 is 0 Å². The zero-order chi connectivity index (χ0) is 54.6. The summed E-state index contributed by atoms with van der Waals surface area (Å²) in [6.07, 6.45) is 7.22. The van der Waals surface area contributed by atoms with E-state index >= 15 is 0 Å². The van der Waals surface area contributed by atoms with Gasteiger partial charge in [0.15, 0.2) is 0 Å². The molecule has 395 valence electrons. The third kappa shape index (κ3) is 10.6. The topological polar surface area (TPSA) is 64.5 Å². The molecular weight excluding hydrogens is 1230 g/mol. The second-order valence-corrected chi connectivity index (χ2v) is 21.9. The van der Waals surface area contributed by atoms with E-state index in [9.17, 15) is 0 Å². The Morgan fingerprint density at radius 3 is 1.24 bits per heavy atom. The predicted molar refractivity (Wildman–Crippen MR) is 346 cm³/mol. The molecule has 0 aliphatic rings. The summed E-state index contributed by atoms with van der Waals surface area (Å²) >= 11 is 3.72. The summed E-state index contributed by atoms with van der Waals surface area (Å²) in [5, 5.41) is 7.51. The zero-order valence-corrected chi connectivity index (χ0v) is 48.6. The fourth-order valence-electron chi connectivity index (χ4n) is 11.0. The van der Waals surface area contributed by atoms with Gasteiger partial charge in [0, 0.05) is 101 Å². The fraction of sp³-hybridized carbons (Fsp3) is 0. The Morgan fingerprint density at radius 2 is 0.735 bits per heavy atom. The number of hydrogen-bond acceptors (Lipinski definition) is 7. The molecule has 0 N–H and O–H groups in total. The molecule has 0 saturated carbocycles. The Bertz CT molecular complexity index is 4630. The van der Waals surface area contributed by atoms with Crippen molar-refractivity contribution < 1.29 is 20.1 Å². The van der Waals surface area contributed by atoms with Gasteiger partial charge in [0.2, 0.25) is 0 Å². The summed E-state index contributed by atoms with van der Waals surface area (Å²) in [5.74, 6) is 0. The smallest absolute Gasteiger partial charge is 0.116 e. The first-order chi connectivity index (χ1) is 40.7. The molecule has 6 aromatic heterocycles. The van der Waals surface area contributed by atoms with Crippen LogP contribution in [0.4, 0.5) is 0 Å². The molecule has 1 radical (unpaired) electrons. The van der Waals surface area contributed by atoms with Gasteiger partial charge in [0.1, 0.15) is 6.33 Å². The van der Waals surface area contributed by atoms with Crippen LogP contribution in [0.1, 0.15) is 0 Å². The van der Waals surface area contributed by atoms with E-state index in [0.717, 1.165) is 55.6 Å². The largest absolute Gasteiger partial charge is 0.305 e. The first-order valence-corrected chi connectivity index (χ1v) is 28.8. The molecule has 0 spiro atoms. The van der Waals surface area contributed by atoms with Crippen LogP contribution in [0.25, 0.3) is 140 Å². The van der Waals surface area contributed by atoms with Crippen molar-refractivity contribution in [1.29, 1.82) is 0 Å². The van der Waals surface area contributed by atoms with Gasteiger partial charge in [-0.3, -0.25) is 9.97 Å². The number of thiophene rings is 2. The molecule has 0 amide bonds. The van der Waals surface area contributed by atoms with Crippen LogP contribution in [0.5, 0.6) is 0 Å². The Balaban J connectivity index is 0.000000139. The molecule has 5 nitrogen and oxygen atoms in total. The van der Waals surface area contributed by atoms with Crippen molar-refractivity contribution in [2.45, 2.75) is 0 Å². The van der Waals surface area contributed by atoms with Crippen molar-refractivity contribution in [3.05, 3.63) is 298 Å². The molecule has 0 aliphatic heterocycles. The van der Waals surface area contributed by atoms with Crippen molar-refractivity contribution in [2.24, 2.45) is 0 Å². The van der Waals surface area contributed by atoms with Crippen LogP contribution in [0.2, 0.25) is 0 Å². The predicted octanol–water partition coefficient (Wildman–Crippen LogP) is 20.5. The maximum absolute atomic E-state index is 4.71. The number of pyridine rings is 3. The van der Waals surface area contributed by atoms with E-state index < -0.39 is 0 Å². The van der Waals surface area contributed by atoms with E-state index in [1.807, 2.05) is 89.7 Å². The summed E-state index contributed by atoms with van der Waals surface area (Å²) in [4.78, 5) is 23.0. The van der Waals surface area contributed by atoms with E-state index in [-0.39, 0.29) is 20.1 Å². The molecule has 0 saturated heterocycles. The zero-order valence-electron chi connectivity index (χ0n) is 44.6. The molecule has 0 fully saturated rings. The molecule has 16 aromatic rings. The number of rotatable bonds is 7. The third-order valence-corrected chi connectivity index (χ3v) is 17.3. The molecule has 10 aromatic carbocycles. The Morgan fingerprint density at radius 1 is 0.277 bits per heavy atom. The van der Waals surface area contributed by atoms with Gasteiger partial charge in [0.25, 0.3) is 0 Å². The molecule has 0 bridgehead atoms. The molecule has 0 atom stereocenters. The van der Waals surface area contributed by atoms with Gasteiger partial charge in [0.05, 0.1) is 22.4 Å². The van der Waals surface area contributed by atoms with Gasteiger partial charge in [-0.2, -0.15) is 0 Å². The minimum atomic E-state index is 0. The summed E-state index contributed by atoms with van der Waals surface area (Å²) in [7, 11) is 0. The van der Waals surface area contributed by atoms with Gasteiger partial charge < -0.3 is 4.98 Å². The first-order valence-electron chi connectivity index (χ1n) is 27.2. The van der Waals surface area contributed by atoms with Crippen LogP contribution >= 0.6 is 22.7 Å². The number of aromatic nitrogens is 5. The number of hydrogen-bond donors (Lipinski definition) is 0. The van der Waals surface area contributed by atoms with Crippen molar-refractivity contribution in [2.75, 3.05) is 0 Å². The normalized spacial score (nSPS) is 11.0. The van der Waals surface area contributed by atoms with Crippen LogP contribution in [-0.2, 0) is 20.1 Å². The van der Waals surface area contributed by atoms with Gasteiger partial charge in [-0.05, 0) is 98.7 Å². The first kappa shape index (κ1) is 52.7. The second kappa shape index (κ2) is 23.8. The Kier molecular flexibility index (Phi) is 15.1. The van der Waals surface area contributed by atoms with Crippen LogP contribution in [-0.4, -0.2) is 24.9 Å². The van der Waals surface area contributed by atoms with Gasteiger partial charge in [-0.25, -0.2) is 9.97 Å². The summed E-state index contributed by atoms with van der Waals surface area (Å²) in [6, 6.07) is 96.3. The minimum Gasteiger partial charge on any atom is -0.305 e. The average molecular weight is 1280 g/mol. The van der Waals surface area contributed by atoms with Crippen molar-refractivity contribution >= 4 is 84.8 Å². The number of fused-ring (bicyclic) bond motifs is 9. The summed E-state index contributed by atoms with van der Waals surface area (Å²) < 4.78 is 5.27. The van der Waals surface area contributed by atoms with Crippen molar-refractivity contribution in [1.82, 2.24) is 24.9 Å². The third-order valence-electron chi connectivity index (χ3n) is 14.9. The molecule has 0 aliphatic carbocycles.